The summed E-state index contributed by atoms with van der Waals surface area (Å²) in [7, 11) is 0. The van der Waals surface area contributed by atoms with Crippen LogP contribution >= 0.6 is 24.8 Å². The first-order chi connectivity index (χ1) is 7.31. The van der Waals surface area contributed by atoms with Gasteiger partial charge in [-0.2, -0.15) is 5.01 Å². The zero-order valence-corrected chi connectivity index (χ0v) is 11.8. The van der Waals surface area contributed by atoms with Gasteiger partial charge in [-0.25, -0.2) is 11.0 Å². The lowest BCUT2D eigenvalue weighted by atomic mass is 10.3. The number of ether oxygens (including phenoxy) is 1. The molecule has 6 N–H and O–H groups in total. The number of hydrogen-bond donors (Lipinski definition) is 3. The molecule has 0 unspecified atom stereocenters. The van der Waals surface area contributed by atoms with E-state index in [1.165, 1.54) is 0 Å². The van der Waals surface area contributed by atoms with Gasteiger partial charge in [0.25, 0.3) is 0 Å². The van der Waals surface area contributed by atoms with E-state index in [9.17, 15) is 0 Å². The maximum atomic E-state index is 5.41. The average molecular weight is 302 g/mol. The fourth-order valence-corrected chi connectivity index (χ4v) is 1.59. The Morgan fingerprint density at radius 3 is 2.50 bits per heavy atom. The summed E-state index contributed by atoms with van der Waals surface area (Å²) in [6.07, 6.45) is 4.00. The number of nitrogens with one attached hydrogen (secondary N) is 2. The van der Waals surface area contributed by atoms with Crippen molar-refractivity contribution in [2.24, 2.45) is 5.84 Å². The molecule has 2 heterocycles. The summed E-state index contributed by atoms with van der Waals surface area (Å²) in [4.78, 5) is 0. The van der Waals surface area contributed by atoms with Crippen LogP contribution in [-0.2, 0) is 4.74 Å². The molecule has 18 heavy (non-hydrogen) atoms. The van der Waals surface area contributed by atoms with Gasteiger partial charge in [0.05, 0.1) is 13.2 Å². The number of hydrogen-bond acceptors (Lipinski definition) is 6. The Morgan fingerprint density at radius 2 is 1.94 bits per heavy atom. The van der Waals surface area contributed by atoms with Gasteiger partial charge < -0.3 is 15.6 Å². The maximum Gasteiger partial charge on any atom is 0.136 e. The lowest BCUT2D eigenvalue weighted by molar-refractivity contribution is -0.0853. The molecule has 0 spiro atoms. The molecular weight excluding hydrogens is 281 g/mol. The van der Waals surface area contributed by atoms with Crippen LogP contribution in [0.1, 0.15) is 6.92 Å². The van der Waals surface area contributed by atoms with Crippen molar-refractivity contribution in [3.8, 4) is 0 Å². The smallest absolute Gasteiger partial charge is 0.136 e. The molecule has 1 saturated heterocycles. The van der Waals surface area contributed by atoms with Crippen LogP contribution in [0, 0.1) is 0 Å². The van der Waals surface area contributed by atoms with Crippen LogP contribution in [-0.4, -0.2) is 41.9 Å². The maximum absolute atomic E-state index is 5.41. The lowest BCUT2D eigenvalue weighted by Gasteiger charge is -2.38. The first-order valence-corrected chi connectivity index (χ1v) is 5.05. The van der Waals surface area contributed by atoms with Gasteiger partial charge in [0, 0.05) is 19.3 Å². The third-order valence-electron chi connectivity index (χ3n) is 2.52. The molecule has 0 aromatic rings. The standard InChI is InChI=1S/C9H17N5O.2ClH.H2O/c1-8-2-3-14(12-9(8)11-10)13-4-6-15-7-5-13;;;/h2-3,11-12H,4-7,10H2,1H3;2*1H;1H2. The van der Waals surface area contributed by atoms with Crippen LogP contribution < -0.4 is 16.7 Å². The van der Waals surface area contributed by atoms with E-state index in [4.69, 9.17) is 10.6 Å². The van der Waals surface area contributed by atoms with Crippen molar-refractivity contribution in [2.45, 2.75) is 6.92 Å². The zero-order valence-electron chi connectivity index (χ0n) is 10.2. The molecular formula is C9H21Cl2N5O2. The van der Waals surface area contributed by atoms with E-state index in [1.807, 2.05) is 24.3 Å². The third-order valence-corrected chi connectivity index (χ3v) is 2.52. The number of morpholine rings is 1. The van der Waals surface area contributed by atoms with Crippen LogP contribution in [0.3, 0.4) is 0 Å². The SMILES string of the molecule is CC1=C(NN)NN(N2CCOCC2)C=C1.Cl.Cl.O. The fourth-order valence-electron chi connectivity index (χ4n) is 1.59. The number of rotatable bonds is 2. The predicted octanol–water partition coefficient (Wildman–Crippen LogP) is -0.719. The summed E-state index contributed by atoms with van der Waals surface area (Å²) < 4.78 is 5.29. The average Bonchev–Trinajstić information content (AvgIpc) is 2.31. The molecule has 2 aliphatic rings. The Bertz CT molecular complexity index is 295. The van der Waals surface area contributed by atoms with Gasteiger partial charge in [-0.3, -0.25) is 5.43 Å². The van der Waals surface area contributed by atoms with Gasteiger partial charge in [0.15, 0.2) is 0 Å². The van der Waals surface area contributed by atoms with Crippen molar-refractivity contribution >= 4 is 24.8 Å². The number of halogens is 2. The summed E-state index contributed by atoms with van der Waals surface area (Å²) >= 11 is 0. The molecule has 108 valence electrons. The first kappa shape index (κ1) is 19.6. The second-order valence-corrected chi connectivity index (χ2v) is 3.54. The number of hydrazine groups is 3. The van der Waals surface area contributed by atoms with E-state index < -0.39 is 0 Å². The van der Waals surface area contributed by atoms with E-state index in [0.29, 0.717) is 0 Å². The minimum absolute atomic E-state index is 0. The zero-order chi connectivity index (χ0) is 10.7. The van der Waals surface area contributed by atoms with Crippen molar-refractivity contribution in [1.29, 1.82) is 0 Å². The summed E-state index contributed by atoms with van der Waals surface area (Å²) in [5.74, 6) is 6.23. The van der Waals surface area contributed by atoms with E-state index in [0.717, 1.165) is 37.7 Å². The van der Waals surface area contributed by atoms with Gasteiger partial charge in [0.1, 0.15) is 5.82 Å². The second kappa shape index (κ2) is 9.26. The van der Waals surface area contributed by atoms with Crippen LogP contribution in [0.25, 0.3) is 0 Å². The molecule has 0 amide bonds. The Morgan fingerprint density at radius 1 is 1.33 bits per heavy atom. The van der Waals surface area contributed by atoms with Gasteiger partial charge in [-0.15, -0.1) is 24.8 Å². The van der Waals surface area contributed by atoms with Crippen molar-refractivity contribution < 1.29 is 10.2 Å². The van der Waals surface area contributed by atoms with Crippen LogP contribution in [0.15, 0.2) is 23.7 Å². The second-order valence-electron chi connectivity index (χ2n) is 3.54. The molecule has 0 saturated carbocycles. The Hall–Kier alpha value is -0.700. The van der Waals surface area contributed by atoms with Gasteiger partial charge in [-0.05, 0) is 18.6 Å². The minimum Gasteiger partial charge on any atom is -0.412 e. The summed E-state index contributed by atoms with van der Waals surface area (Å²) in [6, 6.07) is 0. The highest BCUT2D eigenvalue weighted by molar-refractivity contribution is 5.85. The number of nitrogens with two attached hydrogens (primary N) is 1. The van der Waals surface area contributed by atoms with E-state index >= 15 is 0 Å². The highest BCUT2D eigenvalue weighted by atomic mass is 35.5. The molecule has 7 nitrogen and oxygen atoms in total. The van der Waals surface area contributed by atoms with Crippen molar-refractivity contribution in [2.75, 3.05) is 26.3 Å². The van der Waals surface area contributed by atoms with Crippen LogP contribution in [0.2, 0.25) is 0 Å². The number of allylic oxidation sites excluding steroid dienone is 2. The molecule has 2 rings (SSSR count). The third kappa shape index (κ3) is 4.52. The normalized spacial score (nSPS) is 19.1. The summed E-state index contributed by atoms with van der Waals surface area (Å²) in [5.41, 5.74) is 6.91. The van der Waals surface area contributed by atoms with Gasteiger partial charge in [0.2, 0.25) is 0 Å². The van der Waals surface area contributed by atoms with Crippen molar-refractivity contribution in [3.05, 3.63) is 23.7 Å². The molecule has 0 aromatic carbocycles. The van der Waals surface area contributed by atoms with Crippen molar-refractivity contribution in [1.82, 2.24) is 21.0 Å². The van der Waals surface area contributed by atoms with Gasteiger partial charge in [-0.1, -0.05) is 0 Å². The topological polar surface area (TPSA) is 97.3 Å². The molecule has 0 atom stereocenters. The molecule has 0 aromatic heterocycles. The van der Waals surface area contributed by atoms with Gasteiger partial charge >= 0.3 is 0 Å². The largest absolute Gasteiger partial charge is 0.412 e. The Labute approximate surface area is 119 Å². The summed E-state index contributed by atoms with van der Waals surface area (Å²) in [6.45, 7) is 5.29. The molecule has 1 fully saturated rings. The highest BCUT2D eigenvalue weighted by Crippen LogP contribution is 2.10. The number of nitrogens with zero attached hydrogens (tertiary/aromatic N) is 2. The van der Waals surface area contributed by atoms with E-state index in [2.05, 4.69) is 15.9 Å². The first-order valence-electron chi connectivity index (χ1n) is 5.05. The monoisotopic (exact) mass is 301 g/mol. The van der Waals surface area contributed by atoms with Crippen LogP contribution in [0.4, 0.5) is 0 Å². The molecule has 2 aliphatic heterocycles. The minimum atomic E-state index is 0. The van der Waals surface area contributed by atoms with Crippen LogP contribution in [0.5, 0.6) is 0 Å². The molecule has 0 bridgehead atoms. The highest BCUT2D eigenvalue weighted by Gasteiger charge is 2.18. The molecule has 0 radical (unpaired) electrons. The van der Waals surface area contributed by atoms with E-state index in [1.54, 1.807) is 0 Å². The Balaban J connectivity index is 0. The fraction of sp³-hybridized carbons (Fsp3) is 0.556. The molecule has 9 heteroatoms. The predicted molar refractivity (Wildman–Crippen MR) is 74.6 cm³/mol. The van der Waals surface area contributed by atoms with Crippen molar-refractivity contribution in [3.63, 3.8) is 0 Å². The summed E-state index contributed by atoms with van der Waals surface area (Å²) in [5, 5.41) is 4.11. The molecule has 0 aliphatic carbocycles. The Kier molecular flexibility index (Phi) is 10.1. The lowest BCUT2D eigenvalue weighted by Crippen LogP contribution is -2.54. The quantitative estimate of drug-likeness (QED) is 0.460. The van der Waals surface area contributed by atoms with E-state index in [-0.39, 0.29) is 30.3 Å².